The molecule has 0 aliphatic heterocycles. The summed E-state index contributed by atoms with van der Waals surface area (Å²) in [6.07, 6.45) is 32.4. The minimum atomic E-state index is -0.808. The number of hydrogen-bond donors (Lipinski definition) is 2. The number of allylic oxidation sites excluding steroid dienone is 9. The van der Waals surface area contributed by atoms with Crippen LogP contribution in [0.1, 0.15) is 110 Å². The van der Waals surface area contributed by atoms with Crippen LogP contribution in [-0.2, 0) is 19.1 Å². The van der Waals surface area contributed by atoms with E-state index < -0.39 is 6.10 Å². The highest BCUT2D eigenvalue weighted by molar-refractivity contribution is 5.70. The number of ether oxygens (including phenoxy) is 2. The van der Waals surface area contributed by atoms with Crippen LogP contribution in [0.15, 0.2) is 60.8 Å². The molecule has 0 spiro atoms. The third kappa shape index (κ3) is 26.9. The summed E-state index contributed by atoms with van der Waals surface area (Å²) < 4.78 is 10.4. The first kappa shape index (κ1) is 36.6. The largest absolute Gasteiger partial charge is 0.462 e. The molecule has 0 aliphatic carbocycles. The van der Waals surface area contributed by atoms with Crippen LogP contribution in [0.3, 0.4) is 0 Å². The number of rotatable bonds is 25. The molecule has 39 heavy (non-hydrogen) atoms. The predicted octanol–water partition coefficient (Wildman–Crippen LogP) is 7.47. The second-order valence-corrected chi connectivity index (χ2v) is 9.65. The molecule has 0 aromatic heterocycles. The summed E-state index contributed by atoms with van der Waals surface area (Å²) >= 11 is 0. The van der Waals surface area contributed by atoms with Gasteiger partial charge in [-0.15, -0.1) is 0 Å². The summed E-state index contributed by atoms with van der Waals surface area (Å²) in [4.78, 5) is 23.9. The Hall–Kier alpha value is -2.44. The lowest BCUT2D eigenvalue weighted by Gasteiger charge is -2.15. The highest BCUT2D eigenvalue weighted by Crippen LogP contribution is 2.09. The third-order valence-corrected chi connectivity index (χ3v) is 5.98. The lowest BCUT2D eigenvalue weighted by atomic mass is 10.1. The molecular formula is C33H54O6. The van der Waals surface area contributed by atoms with Crippen molar-refractivity contribution in [3.63, 3.8) is 0 Å². The number of esters is 2. The quantitative estimate of drug-likeness (QED) is 0.0534. The number of aliphatic hydroxyl groups excluding tert-OH is 2. The molecule has 0 amide bonds. The lowest BCUT2D eigenvalue weighted by molar-refractivity contribution is -0.161. The van der Waals surface area contributed by atoms with Gasteiger partial charge in [-0.2, -0.15) is 0 Å². The van der Waals surface area contributed by atoms with Gasteiger partial charge < -0.3 is 19.7 Å². The molecule has 6 nitrogen and oxygen atoms in total. The molecule has 0 fully saturated rings. The molecule has 222 valence electrons. The van der Waals surface area contributed by atoms with E-state index in [2.05, 4.69) is 49.5 Å². The van der Waals surface area contributed by atoms with Crippen molar-refractivity contribution in [3.8, 4) is 0 Å². The smallest absolute Gasteiger partial charge is 0.306 e. The van der Waals surface area contributed by atoms with Crippen LogP contribution in [0.4, 0.5) is 0 Å². The molecule has 0 heterocycles. The van der Waals surface area contributed by atoms with Crippen LogP contribution in [0.2, 0.25) is 0 Å². The SMILES string of the molecule is CCCCCCCCCC(=O)OC[C@H](CO)OC(=O)CCC/C=C\C/C=C\C/C=C\C/C=C\C=C\[C@H](O)CC. The van der Waals surface area contributed by atoms with Gasteiger partial charge in [-0.25, -0.2) is 0 Å². The summed E-state index contributed by atoms with van der Waals surface area (Å²) in [5.74, 6) is -0.694. The zero-order valence-corrected chi connectivity index (χ0v) is 24.5. The van der Waals surface area contributed by atoms with Gasteiger partial charge in [-0.05, 0) is 44.9 Å². The summed E-state index contributed by atoms with van der Waals surface area (Å²) in [5, 5.41) is 18.8. The zero-order chi connectivity index (χ0) is 28.8. The standard InChI is InChI=1S/C33H54O6/c1-3-5-6-7-16-20-23-26-32(36)38-29-31(28-34)39-33(37)27-24-21-18-15-13-11-9-8-10-12-14-17-19-22-25-30(35)4-2/h9-12,15,17-19,22,25,30-31,34-35H,3-8,13-14,16,20-21,23-24,26-29H2,1-2H3/b11-9-,12-10-,18-15-,19-17-,25-22+/t30-,31+/m1/s1. The van der Waals surface area contributed by atoms with Crippen LogP contribution in [-0.4, -0.2) is 47.6 Å². The Morgan fingerprint density at radius 1 is 0.718 bits per heavy atom. The van der Waals surface area contributed by atoms with E-state index in [4.69, 9.17) is 9.47 Å². The van der Waals surface area contributed by atoms with Crippen molar-refractivity contribution in [1.82, 2.24) is 0 Å². The molecule has 2 N–H and O–H groups in total. The molecule has 6 heteroatoms. The van der Waals surface area contributed by atoms with E-state index in [1.165, 1.54) is 25.7 Å². The summed E-state index contributed by atoms with van der Waals surface area (Å²) in [5.41, 5.74) is 0. The number of carbonyl (C=O) groups excluding carboxylic acids is 2. The number of unbranched alkanes of at least 4 members (excludes halogenated alkanes) is 7. The fraction of sp³-hybridized carbons (Fsp3) is 0.636. The Balaban J connectivity index is 3.80. The first-order valence-corrected chi connectivity index (χ1v) is 15.0. The van der Waals surface area contributed by atoms with Crippen LogP contribution in [0.5, 0.6) is 0 Å². The third-order valence-electron chi connectivity index (χ3n) is 5.98. The van der Waals surface area contributed by atoms with Crippen LogP contribution in [0, 0.1) is 0 Å². The minimum absolute atomic E-state index is 0.100. The maximum atomic E-state index is 12.0. The molecule has 0 rings (SSSR count). The molecule has 2 atom stereocenters. The van der Waals surface area contributed by atoms with E-state index in [1.54, 1.807) is 6.08 Å². The van der Waals surface area contributed by atoms with Crippen LogP contribution < -0.4 is 0 Å². The second kappa shape index (κ2) is 28.6. The predicted molar refractivity (Wildman–Crippen MR) is 160 cm³/mol. The highest BCUT2D eigenvalue weighted by Gasteiger charge is 2.15. The average Bonchev–Trinajstić information content (AvgIpc) is 2.94. The van der Waals surface area contributed by atoms with Gasteiger partial charge in [0.25, 0.3) is 0 Å². The molecule has 0 bridgehead atoms. The first-order chi connectivity index (χ1) is 19.0. The normalized spacial score (nSPS) is 13.8. The minimum Gasteiger partial charge on any atom is -0.462 e. The van der Waals surface area contributed by atoms with E-state index in [0.29, 0.717) is 12.8 Å². The van der Waals surface area contributed by atoms with Crippen molar-refractivity contribution in [2.45, 2.75) is 122 Å². The van der Waals surface area contributed by atoms with E-state index in [1.807, 2.05) is 19.1 Å². The van der Waals surface area contributed by atoms with Gasteiger partial charge >= 0.3 is 11.9 Å². The maximum Gasteiger partial charge on any atom is 0.306 e. The lowest BCUT2D eigenvalue weighted by Crippen LogP contribution is -2.28. The van der Waals surface area contributed by atoms with Gasteiger partial charge in [0.1, 0.15) is 6.61 Å². The van der Waals surface area contributed by atoms with Gasteiger partial charge in [0, 0.05) is 12.8 Å². The molecule has 0 saturated heterocycles. The fourth-order valence-electron chi connectivity index (χ4n) is 3.54. The summed E-state index contributed by atoms with van der Waals surface area (Å²) in [6, 6.07) is 0. The van der Waals surface area contributed by atoms with Crippen molar-refractivity contribution in [2.24, 2.45) is 0 Å². The maximum absolute atomic E-state index is 12.0. The average molecular weight is 547 g/mol. The van der Waals surface area contributed by atoms with Crippen LogP contribution >= 0.6 is 0 Å². The fourth-order valence-corrected chi connectivity index (χ4v) is 3.54. The highest BCUT2D eigenvalue weighted by atomic mass is 16.6. The van der Waals surface area contributed by atoms with E-state index in [-0.39, 0.29) is 37.7 Å². The van der Waals surface area contributed by atoms with Crippen molar-refractivity contribution in [1.29, 1.82) is 0 Å². The van der Waals surface area contributed by atoms with Crippen molar-refractivity contribution < 1.29 is 29.3 Å². The Kier molecular flexibility index (Phi) is 26.8. The van der Waals surface area contributed by atoms with Gasteiger partial charge in [-0.3, -0.25) is 9.59 Å². The van der Waals surface area contributed by atoms with Gasteiger partial charge in [0.2, 0.25) is 0 Å². The van der Waals surface area contributed by atoms with Crippen molar-refractivity contribution in [2.75, 3.05) is 13.2 Å². The monoisotopic (exact) mass is 546 g/mol. The molecule has 0 aliphatic rings. The first-order valence-electron chi connectivity index (χ1n) is 15.0. The zero-order valence-electron chi connectivity index (χ0n) is 24.5. The van der Waals surface area contributed by atoms with E-state index in [9.17, 15) is 19.8 Å². The van der Waals surface area contributed by atoms with Crippen molar-refractivity contribution >= 4 is 11.9 Å². The molecule has 0 radical (unpaired) electrons. The molecule has 0 aromatic rings. The topological polar surface area (TPSA) is 93.1 Å². The number of hydrogen-bond acceptors (Lipinski definition) is 6. The Morgan fingerprint density at radius 3 is 1.95 bits per heavy atom. The summed E-state index contributed by atoms with van der Waals surface area (Å²) in [6.45, 7) is 3.67. The van der Waals surface area contributed by atoms with E-state index in [0.717, 1.165) is 51.4 Å². The second-order valence-electron chi connectivity index (χ2n) is 9.65. The summed E-state index contributed by atoms with van der Waals surface area (Å²) in [7, 11) is 0. The molecule has 0 unspecified atom stereocenters. The van der Waals surface area contributed by atoms with Gasteiger partial charge in [0.15, 0.2) is 6.10 Å². The Morgan fingerprint density at radius 2 is 1.31 bits per heavy atom. The Labute approximate surface area is 237 Å². The van der Waals surface area contributed by atoms with E-state index >= 15 is 0 Å². The molecular weight excluding hydrogens is 492 g/mol. The van der Waals surface area contributed by atoms with Gasteiger partial charge in [-0.1, -0.05) is 113 Å². The Bertz CT molecular complexity index is 734. The molecule has 0 saturated carbocycles. The molecule has 0 aromatic carbocycles. The van der Waals surface area contributed by atoms with Gasteiger partial charge in [0.05, 0.1) is 12.7 Å². The van der Waals surface area contributed by atoms with Crippen molar-refractivity contribution in [3.05, 3.63) is 60.8 Å². The number of carbonyl (C=O) groups is 2. The number of aliphatic hydroxyl groups is 2. The van der Waals surface area contributed by atoms with Crippen LogP contribution in [0.25, 0.3) is 0 Å².